The lowest BCUT2D eigenvalue weighted by Gasteiger charge is -2.36. The van der Waals surface area contributed by atoms with Crippen molar-refractivity contribution in [1.82, 2.24) is 0 Å². The topological polar surface area (TPSA) is 146 Å². The quantitative estimate of drug-likeness (QED) is 0.241. The molecule has 0 aromatic carbocycles. The first-order valence-corrected chi connectivity index (χ1v) is 11.2. The molecule has 0 aromatic heterocycles. The molecule has 1 heterocycles. The SMILES string of the molecule is C=C1C(=O)O[C@H]2[C@H]1[C@@H](OC(=O)/C(=C/C)CO)[C@H](OC(=O)C(C)C)/C(C(=O)OC)=C\CCC(=C)[C@H]2O. The van der Waals surface area contributed by atoms with Gasteiger partial charge in [0, 0.05) is 5.57 Å². The lowest BCUT2D eigenvalue weighted by Crippen LogP contribution is -2.49. The Labute approximate surface area is 203 Å². The third-order valence-corrected chi connectivity index (χ3v) is 5.94. The maximum Gasteiger partial charge on any atom is 0.337 e. The fourth-order valence-corrected chi connectivity index (χ4v) is 3.84. The third-order valence-electron chi connectivity index (χ3n) is 5.94. The maximum atomic E-state index is 12.9. The number of esters is 4. The van der Waals surface area contributed by atoms with Gasteiger partial charge < -0.3 is 29.2 Å². The largest absolute Gasteiger partial charge is 0.466 e. The predicted molar refractivity (Wildman–Crippen MR) is 122 cm³/mol. The molecule has 0 spiro atoms. The molecule has 2 N–H and O–H groups in total. The maximum absolute atomic E-state index is 12.9. The molecule has 1 aliphatic carbocycles. The van der Waals surface area contributed by atoms with Crippen molar-refractivity contribution in [1.29, 1.82) is 0 Å². The summed E-state index contributed by atoms with van der Waals surface area (Å²) in [5.41, 5.74) is -0.0753. The van der Waals surface area contributed by atoms with Crippen LogP contribution in [0.15, 0.2) is 47.6 Å². The van der Waals surface area contributed by atoms with Crippen molar-refractivity contribution in [3.8, 4) is 0 Å². The van der Waals surface area contributed by atoms with Crippen molar-refractivity contribution < 1.29 is 48.3 Å². The molecule has 0 saturated carbocycles. The zero-order valence-corrected chi connectivity index (χ0v) is 20.3. The Morgan fingerprint density at radius 1 is 1.26 bits per heavy atom. The van der Waals surface area contributed by atoms with Gasteiger partial charge >= 0.3 is 23.9 Å². The molecule has 0 aromatic rings. The Morgan fingerprint density at radius 2 is 1.91 bits per heavy atom. The van der Waals surface area contributed by atoms with Gasteiger partial charge in [-0.1, -0.05) is 39.2 Å². The molecule has 1 saturated heterocycles. The van der Waals surface area contributed by atoms with E-state index >= 15 is 0 Å². The van der Waals surface area contributed by atoms with Crippen molar-refractivity contribution in [3.63, 3.8) is 0 Å². The van der Waals surface area contributed by atoms with E-state index in [-0.39, 0.29) is 29.6 Å². The minimum Gasteiger partial charge on any atom is -0.466 e. The molecule has 0 amide bonds. The van der Waals surface area contributed by atoms with E-state index in [4.69, 9.17) is 18.9 Å². The van der Waals surface area contributed by atoms with Gasteiger partial charge in [-0.2, -0.15) is 0 Å². The Morgan fingerprint density at radius 3 is 2.46 bits per heavy atom. The number of methoxy groups -OCH3 is 1. The Bertz CT molecular complexity index is 957. The van der Waals surface area contributed by atoms with Crippen LogP contribution < -0.4 is 0 Å². The molecule has 0 unspecified atom stereocenters. The van der Waals surface area contributed by atoms with E-state index in [9.17, 15) is 29.4 Å². The van der Waals surface area contributed by atoms with Crippen molar-refractivity contribution in [2.45, 2.75) is 58.0 Å². The van der Waals surface area contributed by atoms with E-state index in [0.29, 0.717) is 5.57 Å². The van der Waals surface area contributed by atoms with E-state index in [1.54, 1.807) is 13.8 Å². The first kappa shape index (κ1) is 28.0. The van der Waals surface area contributed by atoms with Crippen molar-refractivity contribution in [2.24, 2.45) is 11.8 Å². The molecule has 10 nitrogen and oxygen atoms in total. The number of aliphatic hydroxyl groups is 2. The van der Waals surface area contributed by atoms with E-state index in [1.165, 1.54) is 19.1 Å². The average Bonchev–Trinajstić information content (AvgIpc) is 3.12. The van der Waals surface area contributed by atoms with Crippen LogP contribution in [0.25, 0.3) is 0 Å². The van der Waals surface area contributed by atoms with Gasteiger partial charge in [0.2, 0.25) is 0 Å². The number of ether oxygens (including phenoxy) is 4. The van der Waals surface area contributed by atoms with Gasteiger partial charge in [0.05, 0.1) is 36.7 Å². The molecule has 35 heavy (non-hydrogen) atoms. The number of carbonyl (C=O) groups excluding carboxylic acids is 4. The number of hydrogen-bond acceptors (Lipinski definition) is 10. The molecular weight excluding hydrogens is 460 g/mol. The summed E-state index contributed by atoms with van der Waals surface area (Å²) in [5.74, 6) is -5.22. The van der Waals surface area contributed by atoms with E-state index in [2.05, 4.69) is 13.2 Å². The van der Waals surface area contributed by atoms with Gasteiger partial charge in [-0.15, -0.1) is 0 Å². The highest BCUT2D eigenvalue weighted by Gasteiger charge is 2.54. The lowest BCUT2D eigenvalue weighted by atomic mass is 9.80. The normalized spacial score (nSPS) is 29.0. The van der Waals surface area contributed by atoms with Crippen LogP contribution in [0.4, 0.5) is 0 Å². The fourth-order valence-electron chi connectivity index (χ4n) is 3.84. The molecule has 0 bridgehead atoms. The number of hydrogen-bond donors (Lipinski definition) is 2. The minimum absolute atomic E-state index is 0.114. The van der Waals surface area contributed by atoms with Crippen molar-refractivity contribution in [3.05, 3.63) is 47.6 Å². The summed E-state index contributed by atoms with van der Waals surface area (Å²) < 4.78 is 21.6. The van der Waals surface area contributed by atoms with E-state index in [1.807, 2.05) is 0 Å². The molecule has 2 aliphatic rings. The van der Waals surface area contributed by atoms with Crippen LogP contribution in [0.3, 0.4) is 0 Å². The number of allylic oxidation sites excluding steroid dienone is 2. The molecule has 1 aliphatic heterocycles. The van der Waals surface area contributed by atoms with Gasteiger partial charge in [-0.25, -0.2) is 14.4 Å². The standard InChI is InChI=1S/C25H32O10/c1-7-15(11-26)24(30)35-21-17-14(5)23(29)34-20(17)18(27)13(4)9-8-10-16(25(31)32-6)19(21)33-22(28)12(2)3/h7,10,12,17-21,26-27H,4-5,8-9,11H2,1-3,6H3/b15-7+,16-10+/t17-,18+,19+,20-,21+/m0/s1. The average molecular weight is 493 g/mol. The second-order valence-electron chi connectivity index (χ2n) is 8.57. The van der Waals surface area contributed by atoms with E-state index < -0.39 is 66.7 Å². The summed E-state index contributed by atoms with van der Waals surface area (Å²) in [7, 11) is 1.14. The Kier molecular flexibility index (Phi) is 9.55. The van der Waals surface area contributed by atoms with Crippen molar-refractivity contribution >= 4 is 23.9 Å². The van der Waals surface area contributed by atoms with Crippen LogP contribution in [0.1, 0.15) is 33.6 Å². The highest BCUT2D eigenvalue weighted by Crippen LogP contribution is 2.40. The van der Waals surface area contributed by atoms with Gasteiger partial charge in [0.15, 0.2) is 12.2 Å². The first-order chi connectivity index (χ1) is 16.5. The van der Waals surface area contributed by atoms with Gasteiger partial charge in [0.1, 0.15) is 12.2 Å². The zero-order chi connectivity index (χ0) is 26.4. The smallest absolute Gasteiger partial charge is 0.337 e. The predicted octanol–water partition coefficient (Wildman–Crippen LogP) is 1.31. The van der Waals surface area contributed by atoms with Gasteiger partial charge in [-0.05, 0) is 25.3 Å². The van der Waals surface area contributed by atoms with Gasteiger partial charge in [-0.3, -0.25) is 4.79 Å². The highest BCUT2D eigenvalue weighted by atomic mass is 16.6. The Balaban J connectivity index is 2.78. The number of fused-ring (bicyclic) bond motifs is 1. The fraction of sp³-hybridized carbons (Fsp3) is 0.520. The summed E-state index contributed by atoms with van der Waals surface area (Å²) in [4.78, 5) is 50.9. The van der Waals surface area contributed by atoms with Crippen LogP contribution in [-0.2, 0) is 38.1 Å². The second kappa shape index (κ2) is 11.9. The lowest BCUT2D eigenvalue weighted by molar-refractivity contribution is -0.173. The highest BCUT2D eigenvalue weighted by molar-refractivity contribution is 5.93. The molecule has 2 rings (SSSR count). The number of carbonyl (C=O) groups is 4. The molecule has 1 fully saturated rings. The van der Waals surface area contributed by atoms with Gasteiger partial charge in [0.25, 0.3) is 0 Å². The summed E-state index contributed by atoms with van der Waals surface area (Å²) >= 11 is 0. The summed E-state index contributed by atoms with van der Waals surface area (Å²) in [5, 5.41) is 20.4. The molecule has 0 radical (unpaired) electrons. The second-order valence-corrected chi connectivity index (χ2v) is 8.57. The summed E-state index contributed by atoms with van der Waals surface area (Å²) in [6.45, 7) is 11.6. The third kappa shape index (κ3) is 6.07. The Hall–Kier alpha value is -3.24. The minimum atomic E-state index is -1.54. The molecule has 5 atom stereocenters. The number of aliphatic hydroxyl groups excluding tert-OH is 2. The zero-order valence-electron chi connectivity index (χ0n) is 20.3. The van der Waals surface area contributed by atoms with Crippen molar-refractivity contribution in [2.75, 3.05) is 13.7 Å². The molecule has 10 heteroatoms. The molecule has 192 valence electrons. The first-order valence-electron chi connectivity index (χ1n) is 11.2. The van der Waals surface area contributed by atoms with Crippen LogP contribution in [0.5, 0.6) is 0 Å². The number of rotatable bonds is 6. The summed E-state index contributed by atoms with van der Waals surface area (Å²) in [6.07, 6.45) is -2.51. The van der Waals surface area contributed by atoms with Crippen LogP contribution >= 0.6 is 0 Å². The van der Waals surface area contributed by atoms with Crippen LogP contribution in [-0.4, -0.2) is 72.2 Å². The summed E-state index contributed by atoms with van der Waals surface area (Å²) in [6, 6.07) is 0. The monoisotopic (exact) mass is 492 g/mol. The molecular formula is C25H32O10. The van der Waals surface area contributed by atoms with Crippen LogP contribution in [0, 0.1) is 11.8 Å². The van der Waals surface area contributed by atoms with E-state index in [0.717, 1.165) is 7.11 Å². The van der Waals surface area contributed by atoms with Crippen LogP contribution in [0.2, 0.25) is 0 Å².